The van der Waals surface area contributed by atoms with Crippen LogP contribution in [-0.4, -0.2) is 27.6 Å². The number of non-ortho nitro benzene ring substituents is 1. The van der Waals surface area contributed by atoms with Crippen molar-refractivity contribution in [2.24, 2.45) is 0 Å². The Morgan fingerprint density at radius 1 is 1.29 bits per heavy atom. The third kappa shape index (κ3) is 4.88. The van der Waals surface area contributed by atoms with Crippen LogP contribution in [-0.2, 0) is 4.79 Å². The number of amides is 1. The molecule has 28 heavy (non-hydrogen) atoms. The van der Waals surface area contributed by atoms with Gasteiger partial charge in [0.05, 0.1) is 20.4 Å². The molecule has 0 spiro atoms. The van der Waals surface area contributed by atoms with Crippen molar-refractivity contribution in [1.82, 2.24) is 10.3 Å². The van der Waals surface area contributed by atoms with E-state index in [9.17, 15) is 14.9 Å². The molecule has 8 heteroatoms. The first-order valence-corrected chi connectivity index (χ1v) is 10.7. The van der Waals surface area contributed by atoms with Gasteiger partial charge in [0.2, 0.25) is 5.91 Å². The molecule has 1 aromatic heterocycles. The zero-order valence-electron chi connectivity index (χ0n) is 15.6. The molecule has 1 heterocycles. The molecule has 0 saturated carbocycles. The molecule has 0 radical (unpaired) electrons. The molecule has 1 amide bonds. The number of carbonyl (C=O) groups excluding carboxylic acids is 1. The van der Waals surface area contributed by atoms with E-state index in [0.717, 1.165) is 15.5 Å². The van der Waals surface area contributed by atoms with Crippen LogP contribution in [0.4, 0.5) is 5.69 Å². The quantitative estimate of drug-likeness (QED) is 0.318. The van der Waals surface area contributed by atoms with Gasteiger partial charge in [-0.1, -0.05) is 49.0 Å². The molecule has 3 rings (SSSR count). The second kappa shape index (κ2) is 9.16. The number of fused-ring (bicyclic) bond motifs is 1. The first kappa shape index (κ1) is 20.3. The molecule has 0 aliphatic heterocycles. The van der Waals surface area contributed by atoms with Crippen molar-refractivity contribution < 1.29 is 9.72 Å². The number of thiazole rings is 1. The van der Waals surface area contributed by atoms with Crippen molar-refractivity contribution in [2.45, 2.75) is 35.8 Å². The molecule has 6 nitrogen and oxygen atoms in total. The molecule has 2 atom stereocenters. The topological polar surface area (TPSA) is 85.1 Å². The Labute approximate surface area is 171 Å². The fourth-order valence-electron chi connectivity index (χ4n) is 2.85. The molecular formula is C20H21N3O3S2. The van der Waals surface area contributed by atoms with E-state index in [-0.39, 0.29) is 22.8 Å². The van der Waals surface area contributed by atoms with E-state index in [1.54, 1.807) is 6.07 Å². The SMILES string of the molecule is CC[C@H](CNC(=O)[C@H](C)Sc1nc2ccc([N+](=O)[O-])cc2s1)c1ccccc1. The van der Waals surface area contributed by atoms with Gasteiger partial charge in [-0.3, -0.25) is 14.9 Å². The number of thioether (sulfide) groups is 1. The Morgan fingerprint density at radius 2 is 2.04 bits per heavy atom. The fourth-order valence-corrected chi connectivity index (χ4v) is 5.12. The summed E-state index contributed by atoms with van der Waals surface area (Å²) in [6.07, 6.45) is 0.947. The number of nitrogens with zero attached hydrogens (tertiary/aromatic N) is 2. The van der Waals surface area contributed by atoms with E-state index < -0.39 is 4.92 Å². The van der Waals surface area contributed by atoms with Crippen LogP contribution < -0.4 is 5.32 Å². The molecule has 0 unspecified atom stereocenters. The molecule has 1 N–H and O–H groups in total. The van der Waals surface area contributed by atoms with Gasteiger partial charge in [0.1, 0.15) is 0 Å². The van der Waals surface area contributed by atoms with Gasteiger partial charge in [0, 0.05) is 24.6 Å². The van der Waals surface area contributed by atoms with E-state index in [1.165, 1.54) is 40.8 Å². The lowest BCUT2D eigenvalue weighted by atomic mass is 9.96. The molecule has 2 aromatic carbocycles. The summed E-state index contributed by atoms with van der Waals surface area (Å²) in [6, 6.07) is 14.8. The van der Waals surface area contributed by atoms with Crippen molar-refractivity contribution >= 4 is 44.9 Å². The monoisotopic (exact) mass is 415 g/mol. The number of aromatic nitrogens is 1. The van der Waals surface area contributed by atoms with Gasteiger partial charge < -0.3 is 5.32 Å². The summed E-state index contributed by atoms with van der Waals surface area (Å²) < 4.78 is 1.48. The van der Waals surface area contributed by atoms with E-state index in [1.807, 2.05) is 25.1 Å². The number of hydrogen-bond donors (Lipinski definition) is 1. The molecule has 0 bridgehead atoms. The van der Waals surface area contributed by atoms with Crippen molar-refractivity contribution in [2.75, 3.05) is 6.54 Å². The van der Waals surface area contributed by atoms with Gasteiger partial charge in [0.15, 0.2) is 4.34 Å². The largest absolute Gasteiger partial charge is 0.355 e. The maximum atomic E-state index is 12.5. The molecule has 0 fully saturated rings. The first-order valence-electron chi connectivity index (χ1n) is 9.02. The Morgan fingerprint density at radius 3 is 2.71 bits per heavy atom. The van der Waals surface area contributed by atoms with Crippen molar-refractivity contribution in [1.29, 1.82) is 0 Å². The number of nitro groups is 1. The predicted molar refractivity (Wildman–Crippen MR) is 114 cm³/mol. The Hall–Kier alpha value is -2.45. The van der Waals surface area contributed by atoms with Crippen LogP contribution in [0.2, 0.25) is 0 Å². The highest BCUT2D eigenvalue weighted by atomic mass is 32.2. The van der Waals surface area contributed by atoms with E-state index >= 15 is 0 Å². The zero-order chi connectivity index (χ0) is 20.1. The lowest BCUT2D eigenvalue weighted by molar-refractivity contribution is -0.384. The standard InChI is InChI=1S/C20H21N3O3S2/c1-3-14(15-7-5-4-6-8-15)12-21-19(24)13(2)27-20-22-17-10-9-16(23(25)26)11-18(17)28-20/h4-11,13-14H,3,12H2,1-2H3,(H,21,24)/t13-,14+/m0/s1. The summed E-state index contributed by atoms with van der Waals surface area (Å²) in [5.41, 5.74) is 1.98. The van der Waals surface area contributed by atoms with Gasteiger partial charge >= 0.3 is 0 Å². The fraction of sp³-hybridized carbons (Fsp3) is 0.300. The summed E-state index contributed by atoms with van der Waals surface area (Å²) in [5, 5.41) is 13.6. The third-order valence-electron chi connectivity index (χ3n) is 4.50. The Balaban J connectivity index is 1.60. The molecular weight excluding hydrogens is 394 g/mol. The number of rotatable bonds is 8. The van der Waals surface area contributed by atoms with Gasteiger partial charge in [-0.15, -0.1) is 11.3 Å². The van der Waals surface area contributed by atoms with Crippen LogP contribution in [0.15, 0.2) is 52.9 Å². The molecule has 0 saturated heterocycles. The van der Waals surface area contributed by atoms with Gasteiger partial charge in [-0.05, 0) is 25.0 Å². The minimum atomic E-state index is -0.418. The summed E-state index contributed by atoms with van der Waals surface area (Å²) in [4.78, 5) is 27.5. The second-order valence-corrected chi connectivity index (χ2v) is 9.03. The number of benzene rings is 2. The lowest BCUT2D eigenvalue weighted by Crippen LogP contribution is -2.34. The van der Waals surface area contributed by atoms with Crippen LogP contribution in [0.1, 0.15) is 31.7 Å². The minimum absolute atomic E-state index is 0.0374. The van der Waals surface area contributed by atoms with Gasteiger partial charge in [-0.25, -0.2) is 4.98 Å². The third-order valence-corrected chi connectivity index (χ3v) is 6.71. The highest BCUT2D eigenvalue weighted by Crippen LogP contribution is 2.33. The Kier molecular flexibility index (Phi) is 6.64. The summed E-state index contributed by atoms with van der Waals surface area (Å²) in [7, 11) is 0. The van der Waals surface area contributed by atoms with Crippen LogP contribution in [0.25, 0.3) is 10.2 Å². The van der Waals surface area contributed by atoms with E-state index in [4.69, 9.17) is 0 Å². The van der Waals surface area contributed by atoms with E-state index in [0.29, 0.717) is 12.1 Å². The smallest absolute Gasteiger partial charge is 0.270 e. The minimum Gasteiger partial charge on any atom is -0.355 e. The average molecular weight is 416 g/mol. The van der Waals surface area contributed by atoms with Gasteiger partial charge in [0.25, 0.3) is 5.69 Å². The van der Waals surface area contributed by atoms with Crippen molar-refractivity contribution in [3.05, 3.63) is 64.2 Å². The average Bonchev–Trinajstić information content (AvgIpc) is 3.10. The highest BCUT2D eigenvalue weighted by molar-refractivity contribution is 8.02. The van der Waals surface area contributed by atoms with E-state index in [2.05, 4.69) is 29.4 Å². The number of nitro benzene ring substituents is 1. The second-order valence-electron chi connectivity index (χ2n) is 6.41. The van der Waals surface area contributed by atoms with Crippen molar-refractivity contribution in [3.8, 4) is 0 Å². The maximum absolute atomic E-state index is 12.5. The Bertz CT molecular complexity index is 975. The van der Waals surface area contributed by atoms with Gasteiger partial charge in [-0.2, -0.15) is 0 Å². The predicted octanol–water partition coefficient (Wildman–Crippen LogP) is 5.00. The first-order chi connectivity index (χ1) is 13.5. The number of nitrogens with one attached hydrogen (secondary N) is 1. The molecule has 3 aromatic rings. The van der Waals surface area contributed by atoms with Crippen LogP contribution in [0.3, 0.4) is 0 Å². The number of hydrogen-bond acceptors (Lipinski definition) is 6. The normalized spacial score (nSPS) is 13.2. The summed E-state index contributed by atoms with van der Waals surface area (Å²) in [6.45, 7) is 4.55. The molecule has 146 valence electrons. The molecule has 0 aliphatic rings. The number of carbonyl (C=O) groups is 1. The summed E-state index contributed by atoms with van der Waals surface area (Å²) in [5.74, 6) is 0.245. The highest BCUT2D eigenvalue weighted by Gasteiger charge is 2.19. The lowest BCUT2D eigenvalue weighted by Gasteiger charge is -2.17. The maximum Gasteiger partial charge on any atom is 0.270 e. The van der Waals surface area contributed by atoms with Crippen LogP contribution in [0, 0.1) is 10.1 Å². The van der Waals surface area contributed by atoms with Crippen molar-refractivity contribution in [3.63, 3.8) is 0 Å². The summed E-state index contributed by atoms with van der Waals surface area (Å²) >= 11 is 2.74. The van der Waals surface area contributed by atoms with Crippen LogP contribution in [0.5, 0.6) is 0 Å². The van der Waals surface area contributed by atoms with Crippen LogP contribution >= 0.6 is 23.1 Å². The zero-order valence-corrected chi connectivity index (χ0v) is 17.3. The molecule has 0 aliphatic carbocycles.